The molecule has 0 fully saturated rings. The van der Waals surface area contributed by atoms with Crippen molar-refractivity contribution in [1.82, 2.24) is 16.0 Å². The molecule has 0 bridgehead atoms. The van der Waals surface area contributed by atoms with Crippen molar-refractivity contribution in [2.75, 3.05) is 40.9 Å². The van der Waals surface area contributed by atoms with Gasteiger partial charge >= 0.3 is 11.9 Å². The summed E-state index contributed by atoms with van der Waals surface area (Å²) in [5, 5.41) is 8.59. The van der Waals surface area contributed by atoms with Gasteiger partial charge in [0.1, 0.15) is 18.1 Å². The Hall–Kier alpha value is -2.69. The van der Waals surface area contributed by atoms with E-state index in [0.717, 1.165) is 62.3 Å². The summed E-state index contributed by atoms with van der Waals surface area (Å²) in [7, 11) is 6.69. The van der Waals surface area contributed by atoms with Crippen LogP contribution in [0.4, 0.5) is 0 Å². The third-order valence-corrected chi connectivity index (χ3v) is 12.2. The third-order valence-electron chi connectivity index (χ3n) is 12.2. The fourth-order valence-electron chi connectivity index (χ4n) is 7.97. The van der Waals surface area contributed by atoms with E-state index in [1.54, 1.807) is 0 Å². The minimum Gasteiger partial charge on any atom is -0.466 e. The molecule has 376 valence electrons. The lowest BCUT2D eigenvalue weighted by atomic mass is 9.99. The van der Waals surface area contributed by atoms with Gasteiger partial charge in [-0.3, -0.25) is 19.2 Å². The largest absolute Gasteiger partial charge is 0.466 e. The van der Waals surface area contributed by atoms with Crippen LogP contribution < -0.4 is 16.0 Å². The van der Waals surface area contributed by atoms with Crippen LogP contribution in [0.2, 0.25) is 0 Å². The number of rotatable bonds is 44. The fraction of sp³-hybridized carbons (Fsp3) is 0.906. The van der Waals surface area contributed by atoms with E-state index in [-0.39, 0.29) is 37.2 Å². The second kappa shape index (κ2) is 40.6. The van der Waals surface area contributed by atoms with Crippen LogP contribution in [-0.2, 0) is 33.4 Å². The van der Waals surface area contributed by atoms with Crippen molar-refractivity contribution in [3.05, 3.63) is 0 Å². The van der Waals surface area contributed by atoms with E-state index in [9.17, 15) is 24.0 Å². The van der Waals surface area contributed by atoms with Crippen LogP contribution in [0.1, 0.15) is 241 Å². The van der Waals surface area contributed by atoms with Crippen LogP contribution in [0.15, 0.2) is 0 Å². The van der Waals surface area contributed by atoms with E-state index < -0.39 is 41.9 Å². The maximum Gasteiger partial charge on any atom is 0.328 e. The number of hydrogen-bond acceptors (Lipinski definition) is 7. The Morgan fingerprint density at radius 1 is 0.438 bits per heavy atom. The molecule has 0 radical (unpaired) electrons. The van der Waals surface area contributed by atoms with Gasteiger partial charge in [0.2, 0.25) is 17.7 Å². The number of nitrogens with one attached hydrogen (secondary N) is 3. The van der Waals surface area contributed by atoms with Crippen LogP contribution in [0.25, 0.3) is 0 Å². The molecule has 0 saturated heterocycles. The second-order valence-corrected chi connectivity index (χ2v) is 20.5. The highest BCUT2D eigenvalue weighted by Gasteiger charge is 2.33. The van der Waals surface area contributed by atoms with Crippen molar-refractivity contribution in [3.63, 3.8) is 0 Å². The van der Waals surface area contributed by atoms with Gasteiger partial charge in [-0.1, -0.05) is 189 Å². The van der Waals surface area contributed by atoms with Gasteiger partial charge in [-0.15, -0.1) is 0 Å². The summed E-state index contributed by atoms with van der Waals surface area (Å²) < 4.78 is 12.2. The highest BCUT2D eigenvalue weighted by Crippen LogP contribution is 2.15. The van der Waals surface area contributed by atoms with Crippen molar-refractivity contribution < 1.29 is 37.9 Å². The van der Waals surface area contributed by atoms with Crippen molar-refractivity contribution in [1.29, 1.82) is 0 Å². The molecule has 3 N–H and O–H groups in total. The number of nitrogens with zero attached hydrogens (tertiary/aromatic N) is 1. The molecule has 3 atom stereocenters. The van der Waals surface area contributed by atoms with E-state index >= 15 is 0 Å². The Morgan fingerprint density at radius 3 is 1.25 bits per heavy atom. The zero-order valence-electron chi connectivity index (χ0n) is 43.2. The van der Waals surface area contributed by atoms with E-state index in [1.807, 2.05) is 27.7 Å². The summed E-state index contributed by atoms with van der Waals surface area (Å²) >= 11 is 0. The quantitative estimate of drug-likeness (QED) is 0.0314. The Kier molecular flexibility index (Phi) is 38.9. The van der Waals surface area contributed by atoms with Crippen molar-refractivity contribution in [2.24, 2.45) is 11.8 Å². The van der Waals surface area contributed by atoms with E-state index in [2.05, 4.69) is 50.9 Å². The molecule has 11 heteroatoms. The minimum absolute atomic E-state index is 0.0276. The molecule has 0 unspecified atom stereocenters. The van der Waals surface area contributed by atoms with Gasteiger partial charge < -0.3 is 29.9 Å². The molecule has 0 spiro atoms. The third kappa shape index (κ3) is 36.5. The molecule has 0 aromatic rings. The maximum atomic E-state index is 13.8. The highest BCUT2D eigenvalue weighted by atomic mass is 16.5. The van der Waals surface area contributed by atoms with Crippen molar-refractivity contribution in [2.45, 2.75) is 259 Å². The molecule has 3 amide bonds. The van der Waals surface area contributed by atoms with E-state index in [0.29, 0.717) is 13.0 Å². The molecule has 0 aliphatic carbocycles. The number of carbonyl (C=O) groups excluding carboxylic acids is 5. The smallest absolute Gasteiger partial charge is 0.328 e. The summed E-state index contributed by atoms with van der Waals surface area (Å²) in [5.74, 6) is -2.70. The maximum absolute atomic E-state index is 13.8. The normalized spacial score (nSPS) is 13.1. The summed E-state index contributed by atoms with van der Waals surface area (Å²) in [6, 6.07) is -2.87. The first-order valence-corrected chi connectivity index (χ1v) is 26.7. The molecule has 0 aliphatic rings. The highest BCUT2D eigenvalue weighted by molar-refractivity contribution is 5.94. The standard InChI is InChI=1S/C53H102N4O7/c1-10-12-14-16-18-20-24-28-32-36-42-63-48(59)40-39-46(53(62)64-43-37-33-29-25-21-19-17-15-13-11-2)54-51(60)50(45(5)6)56-52(61)49(44(3)4)55-47(58)38-34-30-26-22-23-27-31-35-41-57(7,8)9/h44-46,49-50H,10-43H2,1-9H3,(H2-,54,55,56,58,60,61)/p+1/t46-,49-,50-/m0/s1. The first-order valence-electron chi connectivity index (χ1n) is 26.7. The Bertz CT molecular complexity index is 1190. The average Bonchev–Trinajstić information content (AvgIpc) is 3.24. The van der Waals surface area contributed by atoms with E-state index in [1.165, 1.54) is 129 Å². The van der Waals surface area contributed by atoms with Crippen LogP contribution in [0, 0.1) is 11.8 Å². The van der Waals surface area contributed by atoms with Gasteiger partial charge in [0.25, 0.3) is 0 Å². The molecule has 0 aromatic carbocycles. The summed E-state index contributed by atoms with van der Waals surface area (Å²) in [6.45, 7) is 13.6. The number of hydrogen-bond donors (Lipinski definition) is 3. The minimum atomic E-state index is -1.08. The molecule has 64 heavy (non-hydrogen) atoms. The summed E-state index contributed by atoms with van der Waals surface area (Å²) in [4.78, 5) is 66.7. The lowest BCUT2D eigenvalue weighted by molar-refractivity contribution is -0.870. The fourth-order valence-corrected chi connectivity index (χ4v) is 7.97. The number of quaternary nitrogens is 1. The molecule has 0 aromatic heterocycles. The van der Waals surface area contributed by atoms with E-state index in [4.69, 9.17) is 9.47 Å². The lowest BCUT2D eigenvalue weighted by Gasteiger charge is -2.28. The predicted octanol–water partition coefficient (Wildman–Crippen LogP) is 11.7. The number of carbonyl (C=O) groups is 5. The Labute approximate surface area is 393 Å². The molecule has 0 aliphatic heterocycles. The molecule has 0 rings (SSSR count). The number of amides is 3. The van der Waals surface area contributed by atoms with Gasteiger partial charge in [0, 0.05) is 12.8 Å². The number of ether oxygens (including phenoxy) is 2. The summed E-state index contributed by atoms with van der Waals surface area (Å²) in [6.07, 6.45) is 32.8. The first-order chi connectivity index (χ1) is 30.6. The number of unbranched alkanes of at least 4 members (excludes halogenated alkanes) is 25. The van der Waals surface area contributed by atoms with Crippen molar-refractivity contribution >= 4 is 29.7 Å². The zero-order valence-corrected chi connectivity index (χ0v) is 43.2. The molecule has 0 heterocycles. The average molecular weight is 908 g/mol. The zero-order chi connectivity index (χ0) is 47.9. The molecule has 0 saturated carbocycles. The van der Waals surface area contributed by atoms with Crippen LogP contribution >= 0.6 is 0 Å². The molecular formula is C53H103N4O7+. The Balaban J connectivity index is 5.18. The lowest BCUT2D eigenvalue weighted by Crippen LogP contribution is -2.58. The van der Waals surface area contributed by atoms with Crippen molar-refractivity contribution in [3.8, 4) is 0 Å². The van der Waals surface area contributed by atoms with Crippen LogP contribution in [-0.4, -0.2) is 93.2 Å². The monoisotopic (exact) mass is 908 g/mol. The van der Waals surface area contributed by atoms with Gasteiger partial charge in [0.15, 0.2) is 0 Å². The van der Waals surface area contributed by atoms with Gasteiger partial charge in [0.05, 0.1) is 40.9 Å². The Morgan fingerprint density at radius 2 is 0.812 bits per heavy atom. The summed E-state index contributed by atoms with van der Waals surface area (Å²) in [5.41, 5.74) is 0. The second-order valence-electron chi connectivity index (χ2n) is 20.5. The number of esters is 2. The predicted molar refractivity (Wildman–Crippen MR) is 265 cm³/mol. The topological polar surface area (TPSA) is 140 Å². The first kappa shape index (κ1) is 61.3. The van der Waals surface area contributed by atoms with Gasteiger partial charge in [-0.05, 0) is 50.4 Å². The molecular weight excluding hydrogens is 805 g/mol. The van der Waals surface area contributed by atoms with Crippen LogP contribution in [0.5, 0.6) is 0 Å². The van der Waals surface area contributed by atoms with Gasteiger partial charge in [-0.25, -0.2) is 4.79 Å². The van der Waals surface area contributed by atoms with Gasteiger partial charge in [-0.2, -0.15) is 0 Å². The van der Waals surface area contributed by atoms with Crippen LogP contribution in [0.3, 0.4) is 0 Å². The molecule has 11 nitrogen and oxygen atoms in total. The SMILES string of the molecule is CCCCCCCCCCCCOC(=O)CC[C@H](NC(=O)[C@@H](NC(=O)[C@@H](NC(=O)CCCCCCCCCC[N+](C)(C)C)C(C)C)C(C)C)C(=O)OCCCCCCCCCCCC.